The Balaban J connectivity index is 2.18. The number of hydrogen-bond acceptors (Lipinski definition) is 4. The van der Waals surface area contributed by atoms with Crippen LogP contribution in [0.15, 0.2) is 34.7 Å². The number of anilines is 1. The molecule has 0 spiro atoms. The van der Waals surface area contributed by atoms with E-state index in [0.29, 0.717) is 21.5 Å². The van der Waals surface area contributed by atoms with Crippen LogP contribution < -0.4 is 5.32 Å². The van der Waals surface area contributed by atoms with Gasteiger partial charge in [0.25, 0.3) is 0 Å². The van der Waals surface area contributed by atoms with Gasteiger partial charge in [-0.3, -0.25) is 0 Å². The first kappa shape index (κ1) is 14.8. The highest BCUT2D eigenvalue weighted by molar-refractivity contribution is 6.39. The number of hydrogen-bond donors (Lipinski definition) is 1. The van der Waals surface area contributed by atoms with Crippen LogP contribution >= 0.6 is 23.2 Å². The molecule has 2 rings (SSSR count). The van der Waals surface area contributed by atoms with Gasteiger partial charge in [0.15, 0.2) is 0 Å². The van der Waals surface area contributed by atoms with Crippen LogP contribution in [0.5, 0.6) is 0 Å². The summed E-state index contributed by atoms with van der Waals surface area (Å²) in [6.07, 6.45) is 0. The van der Waals surface area contributed by atoms with Gasteiger partial charge in [0.05, 0.1) is 28.9 Å². The van der Waals surface area contributed by atoms with E-state index in [1.807, 2.05) is 6.92 Å². The number of carbonyl (C=O) groups is 1. The van der Waals surface area contributed by atoms with E-state index < -0.39 is 5.97 Å². The Bertz CT molecular complexity index is 604. The maximum absolute atomic E-state index is 11.3. The molecule has 1 unspecified atom stereocenters. The molecule has 106 valence electrons. The molecule has 0 saturated carbocycles. The average Bonchev–Trinajstić information content (AvgIpc) is 2.92. The first-order valence-electron chi connectivity index (χ1n) is 5.91. The molecule has 20 heavy (non-hydrogen) atoms. The second kappa shape index (κ2) is 6.20. The Hall–Kier alpha value is -1.65. The molecule has 0 fully saturated rings. The zero-order valence-corrected chi connectivity index (χ0v) is 12.5. The summed E-state index contributed by atoms with van der Waals surface area (Å²) in [7, 11) is 1.30. The molecule has 1 aromatic carbocycles. The SMILES string of the molecule is COC(=O)c1ccc(C(C)Nc2c(Cl)cccc2Cl)o1. The molecule has 6 heteroatoms. The summed E-state index contributed by atoms with van der Waals surface area (Å²) in [6, 6.07) is 8.31. The lowest BCUT2D eigenvalue weighted by Gasteiger charge is -2.15. The minimum Gasteiger partial charge on any atom is -0.463 e. The van der Waals surface area contributed by atoms with Crippen molar-refractivity contribution in [2.75, 3.05) is 12.4 Å². The number of para-hydroxylation sites is 1. The van der Waals surface area contributed by atoms with Gasteiger partial charge in [-0.05, 0) is 31.2 Å². The van der Waals surface area contributed by atoms with Gasteiger partial charge in [-0.2, -0.15) is 0 Å². The zero-order valence-electron chi connectivity index (χ0n) is 10.9. The molecule has 0 aliphatic rings. The Labute approximate surface area is 126 Å². The van der Waals surface area contributed by atoms with Crippen LogP contribution in [0, 0.1) is 0 Å². The number of methoxy groups -OCH3 is 1. The van der Waals surface area contributed by atoms with Gasteiger partial charge in [-0.15, -0.1) is 0 Å². The van der Waals surface area contributed by atoms with Gasteiger partial charge in [0, 0.05) is 0 Å². The third-order valence-electron chi connectivity index (χ3n) is 2.76. The smallest absolute Gasteiger partial charge is 0.373 e. The van der Waals surface area contributed by atoms with Crippen molar-refractivity contribution in [3.8, 4) is 0 Å². The maximum atomic E-state index is 11.3. The highest BCUT2D eigenvalue weighted by atomic mass is 35.5. The molecule has 1 aromatic heterocycles. The molecule has 1 N–H and O–H groups in total. The van der Waals surface area contributed by atoms with Gasteiger partial charge in [0.1, 0.15) is 5.76 Å². The van der Waals surface area contributed by atoms with Crippen molar-refractivity contribution in [2.24, 2.45) is 0 Å². The van der Waals surface area contributed by atoms with Crippen LogP contribution in [-0.4, -0.2) is 13.1 Å². The highest BCUT2D eigenvalue weighted by Gasteiger charge is 2.17. The predicted molar refractivity (Wildman–Crippen MR) is 78.5 cm³/mol. The molecule has 0 radical (unpaired) electrons. The van der Waals surface area contributed by atoms with E-state index in [2.05, 4.69) is 10.1 Å². The lowest BCUT2D eigenvalue weighted by atomic mass is 10.2. The monoisotopic (exact) mass is 313 g/mol. The third kappa shape index (κ3) is 3.08. The summed E-state index contributed by atoms with van der Waals surface area (Å²) in [4.78, 5) is 11.3. The quantitative estimate of drug-likeness (QED) is 0.841. The summed E-state index contributed by atoms with van der Waals surface area (Å²) >= 11 is 12.2. The number of rotatable bonds is 4. The predicted octanol–water partition coefficient (Wildman–Crippen LogP) is 4.55. The van der Waals surface area contributed by atoms with E-state index in [1.54, 1.807) is 30.3 Å². The number of halogens is 2. The molecular weight excluding hydrogens is 301 g/mol. The Morgan fingerprint density at radius 3 is 2.50 bits per heavy atom. The summed E-state index contributed by atoms with van der Waals surface area (Å²) in [5.41, 5.74) is 0.624. The van der Waals surface area contributed by atoms with Crippen LogP contribution in [0.2, 0.25) is 10.0 Å². The van der Waals surface area contributed by atoms with E-state index in [1.165, 1.54) is 7.11 Å². The van der Waals surface area contributed by atoms with Crippen LogP contribution in [0.4, 0.5) is 5.69 Å². The molecule has 0 aliphatic heterocycles. The van der Waals surface area contributed by atoms with Crippen molar-refractivity contribution in [3.05, 3.63) is 51.9 Å². The number of benzene rings is 1. The third-order valence-corrected chi connectivity index (χ3v) is 3.39. The first-order valence-corrected chi connectivity index (χ1v) is 6.67. The van der Waals surface area contributed by atoms with E-state index in [0.717, 1.165) is 0 Å². The van der Waals surface area contributed by atoms with Gasteiger partial charge >= 0.3 is 5.97 Å². The molecule has 0 bridgehead atoms. The number of nitrogens with one attached hydrogen (secondary N) is 1. The molecule has 1 heterocycles. The van der Waals surface area contributed by atoms with Crippen LogP contribution in [0.25, 0.3) is 0 Å². The molecular formula is C14H13Cl2NO3. The van der Waals surface area contributed by atoms with Crippen molar-refractivity contribution in [3.63, 3.8) is 0 Å². The standard InChI is InChI=1S/C14H13Cl2NO3/c1-8(11-6-7-12(20-11)14(18)19-2)17-13-9(15)4-3-5-10(13)16/h3-8,17H,1-2H3. The first-order chi connectivity index (χ1) is 9.52. The number of esters is 1. The van der Waals surface area contributed by atoms with Crippen molar-refractivity contribution < 1.29 is 13.9 Å². The minimum absolute atomic E-state index is 0.154. The molecule has 0 aliphatic carbocycles. The van der Waals surface area contributed by atoms with E-state index in [4.69, 9.17) is 27.6 Å². The van der Waals surface area contributed by atoms with Crippen LogP contribution in [0.1, 0.15) is 29.3 Å². The van der Waals surface area contributed by atoms with E-state index in [-0.39, 0.29) is 11.8 Å². The lowest BCUT2D eigenvalue weighted by Crippen LogP contribution is -2.06. The van der Waals surface area contributed by atoms with Gasteiger partial charge in [-0.25, -0.2) is 4.79 Å². The summed E-state index contributed by atoms with van der Waals surface area (Å²) in [5.74, 6) is 0.224. The lowest BCUT2D eigenvalue weighted by molar-refractivity contribution is 0.0562. The molecule has 1 atom stereocenters. The second-order valence-electron chi connectivity index (χ2n) is 4.16. The van der Waals surface area contributed by atoms with Crippen LogP contribution in [0.3, 0.4) is 0 Å². The fourth-order valence-electron chi connectivity index (χ4n) is 1.72. The van der Waals surface area contributed by atoms with Gasteiger partial charge in [-0.1, -0.05) is 29.3 Å². The molecule has 0 amide bonds. The van der Waals surface area contributed by atoms with Crippen molar-refractivity contribution in [1.82, 2.24) is 0 Å². The topological polar surface area (TPSA) is 51.5 Å². The van der Waals surface area contributed by atoms with Gasteiger partial charge < -0.3 is 14.5 Å². The highest BCUT2D eigenvalue weighted by Crippen LogP contribution is 2.33. The Morgan fingerprint density at radius 1 is 1.25 bits per heavy atom. The summed E-state index contributed by atoms with van der Waals surface area (Å²) in [5, 5.41) is 4.19. The number of furan rings is 1. The fraction of sp³-hybridized carbons (Fsp3) is 0.214. The van der Waals surface area contributed by atoms with Crippen LogP contribution in [-0.2, 0) is 4.74 Å². The van der Waals surface area contributed by atoms with Crippen molar-refractivity contribution in [1.29, 1.82) is 0 Å². The van der Waals surface area contributed by atoms with Gasteiger partial charge in [0.2, 0.25) is 5.76 Å². The maximum Gasteiger partial charge on any atom is 0.373 e. The Kier molecular flexibility index (Phi) is 4.57. The van der Waals surface area contributed by atoms with E-state index in [9.17, 15) is 4.79 Å². The normalized spacial score (nSPS) is 12.0. The van der Waals surface area contributed by atoms with Crippen molar-refractivity contribution >= 4 is 34.9 Å². The largest absolute Gasteiger partial charge is 0.463 e. The number of carbonyl (C=O) groups excluding carboxylic acids is 1. The minimum atomic E-state index is -0.515. The molecule has 2 aromatic rings. The average molecular weight is 314 g/mol. The second-order valence-corrected chi connectivity index (χ2v) is 4.97. The van der Waals surface area contributed by atoms with Crippen molar-refractivity contribution in [2.45, 2.75) is 13.0 Å². The number of ether oxygens (including phenoxy) is 1. The zero-order chi connectivity index (χ0) is 14.7. The fourth-order valence-corrected chi connectivity index (χ4v) is 2.23. The molecule has 4 nitrogen and oxygen atoms in total. The molecule has 0 saturated heterocycles. The summed E-state index contributed by atoms with van der Waals surface area (Å²) in [6.45, 7) is 1.87. The Morgan fingerprint density at radius 2 is 1.90 bits per heavy atom. The summed E-state index contributed by atoms with van der Waals surface area (Å²) < 4.78 is 10.0. The van der Waals surface area contributed by atoms with E-state index >= 15 is 0 Å².